The van der Waals surface area contributed by atoms with E-state index in [4.69, 9.17) is 14.9 Å². The van der Waals surface area contributed by atoms with Gasteiger partial charge in [-0.25, -0.2) is 0 Å². The van der Waals surface area contributed by atoms with Gasteiger partial charge < -0.3 is 20.1 Å². The Balaban J connectivity index is 3.67. The fourth-order valence-corrected chi connectivity index (χ4v) is 3.45. The normalized spacial score (nSPS) is 13.2. The molecule has 0 aliphatic rings. The maximum atomic E-state index is 12.0. The molecule has 0 fully saturated rings. The van der Waals surface area contributed by atoms with E-state index >= 15 is 0 Å². The monoisotopic (exact) mass is 416 g/mol. The number of carboxylic acids is 1. The van der Waals surface area contributed by atoms with Crippen molar-refractivity contribution in [1.82, 2.24) is 0 Å². The minimum absolute atomic E-state index is 0.257. The molecule has 0 radical (unpaired) electrons. The molecule has 3 N–H and O–H groups in total. The molecular weight excluding hydrogens is 372 g/mol. The number of carbonyl (C=O) groups excluding carboxylic acids is 1. The summed E-state index contributed by atoms with van der Waals surface area (Å²) in [5.41, 5.74) is 0. The summed E-state index contributed by atoms with van der Waals surface area (Å²) in [5.74, 6) is -2.31. The van der Waals surface area contributed by atoms with E-state index in [1.54, 1.807) is 0 Å². The number of aliphatic carboxylic acids is 1. The molecule has 0 spiro atoms. The first-order chi connectivity index (χ1) is 14.0. The van der Waals surface area contributed by atoms with E-state index in [0.29, 0.717) is 6.42 Å². The second-order valence-electron chi connectivity index (χ2n) is 8.15. The molecule has 0 aromatic rings. The molecule has 172 valence electrons. The van der Waals surface area contributed by atoms with Crippen LogP contribution in [0.1, 0.15) is 110 Å². The Bertz CT molecular complexity index is 399. The third kappa shape index (κ3) is 18.6. The standard InChI is InChI=1S/C23H44O6/c1-2-3-4-5-6-7-8-9-10-11-12-13-14-15-16-20(17-22(26)27)23(28)29-19-21(25)18-24/h20-21,24-25H,2-19H2,1H3,(H,26,27). The van der Waals surface area contributed by atoms with Crippen LogP contribution < -0.4 is 0 Å². The van der Waals surface area contributed by atoms with Crippen molar-refractivity contribution in [3.63, 3.8) is 0 Å². The summed E-state index contributed by atoms with van der Waals surface area (Å²) < 4.78 is 4.92. The van der Waals surface area contributed by atoms with Crippen LogP contribution in [0.25, 0.3) is 0 Å². The summed E-state index contributed by atoms with van der Waals surface area (Å²) in [6.07, 6.45) is 16.6. The average Bonchev–Trinajstić information content (AvgIpc) is 2.70. The molecule has 6 heteroatoms. The number of unbranched alkanes of at least 4 members (excludes halogenated alkanes) is 13. The summed E-state index contributed by atoms with van der Waals surface area (Å²) in [6, 6.07) is 0. The van der Waals surface area contributed by atoms with E-state index in [1.165, 1.54) is 70.6 Å². The maximum Gasteiger partial charge on any atom is 0.309 e. The van der Waals surface area contributed by atoms with Crippen molar-refractivity contribution in [3.8, 4) is 0 Å². The van der Waals surface area contributed by atoms with Crippen LogP contribution in [0.15, 0.2) is 0 Å². The van der Waals surface area contributed by atoms with Crippen LogP contribution in [-0.2, 0) is 14.3 Å². The average molecular weight is 417 g/mol. The lowest BCUT2D eigenvalue weighted by Crippen LogP contribution is -2.27. The van der Waals surface area contributed by atoms with Crippen LogP contribution in [0.2, 0.25) is 0 Å². The Kier molecular flexibility index (Phi) is 19.4. The Morgan fingerprint density at radius 2 is 1.24 bits per heavy atom. The summed E-state index contributed by atoms with van der Waals surface area (Å²) in [4.78, 5) is 22.9. The van der Waals surface area contributed by atoms with E-state index < -0.39 is 30.6 Å². The van der Waals surface area contributed by atoms with Gasteiger partial charge in [0, 0.05) is 0 Å². The van der Waals surface area contributed by atoms with E-state index in [9.17, 15) is 14.7 Å². The van der Waals surface area contributed by atoms with Gasteiger partial charge in [-0.2, -0.15) is 0 Å². The SMILES string of the molecule is CCCCCCCCCCCCCCCCC(CC(=O)O)C(=O)OCC(O)CO. The van der Waals surface area contributed by atoms with Gasteiger partial charge in [0.05, 0.1) is 18.9 Å². The number of aliphatic hydroxyl groups excluding tert-OH is 2. The molecular formula is C23H44O6. The minimum Gasteiger partial charge on any atom is -0.481 e. The summed E-state index contributed by atoms with van der Waals surface area (Å²) in [5, 5.41) is 27.0. The Labute approximate surface area is 177 Å². The molecule has 0 heterocycles. The van der Waals surface area contributed by atoms with Crippen molar-refractivity contribution in [1.29, 1.82) is 0 Å². The first kappa shape index (κ1) is 27.9. The molecule has 2 unspecified atom stereocenters. The van der Waals surface area contributed by atoms with Crippen LogP contribution in [0.3, 0.4) is 0 Å². The molecule has 0 saturated heterocycles. The van der Waals surface area contributed by atoms with Crippen molar-refractivity contribution in [3.05, 3.63) is 0 Å². The number of carboxylic acid groups (broad SMARTS) is 1. The molecule has 0 saturated carbocycles. The summed E-state index contributed by atoms with van der Waals surface area (Å²) >= 11 is 0. The number of carbonyl (C=O) groups is 2. The van der Waals surface area contributed by atoms with Gasteiger partial charge >= 0.3 is 11.9 Å². The second-order valence-corrected chi connectivity index (χ2v) is 8.15. The largest absolute Gasteiger partial charge is 0.481 e. The van der Waals surface area contributed by atoms with Crippen molar-refractivity contribution in [2.24, 2.45) is 5.92 Å². The quantitative estimate of drug-likeness (QED) is 0.183. The predicted octanol–water partition coefficient (Wildman–Crippen LogP) is 4.85. The van der Waals surface area contributed by atoms with Crippen LogP contribution in [0, 0.1) is 5.92 Å². The maximum absolute atomic E-state index is 12.0. The van der Waals surface area contributed by atoms with Gasteiger partial charge in [0.15, 0.2) is 0 Å². The van der Waals surface area contributed by atoms with Crippen LogP contribution >= 0.6 is 0 Å². The van der Waals surface area contributed by atoms with Gasteiger partial charge in [0.1, 0.15) is 12.7 Å². The zero-order valence-electron chi connectivity index (χ0n) is 18.4. The van der Waals surface area contributed by atoms with Crippen LogP contribution in [0.4, 0.5) is 0 Å². The number of hydrogen-bond acceptors (Lipinski definition) is 5. The van der Waals surface area contributed by atoms with Crippen molar-refractivity contribution >= 4 is 11.9 Å². The van der Waals surface area contributed by atoms with E-state index in [1.807, 2.05) is 0 Å². The van der Waals surface area contributed by atoms with Gasteiger partial charge in [-0.1, -0.05) is 96.8 Å². The van der Waals surface area contributed by atoms with Crippen molar-refractivity contribution in [2.45, 2.75) is 116 Å². The van der Waals surface area contributed by atoms with Gasteiger partial charge in [0.25, 0.3) is 0 Å². The fraction of sp³-hybridized carbons (Fsp3) is 0.913. The summed E-state index contributed by atoms with van der Waals surface area (Å²) in [7, 11) is 0. The molecule has 0 rings (SSSR count). The Morgan fingerprint density at radius 1 is 0.793 bits per heavy atom. The highest BCUT2D eigenvalue weighted by Crippen LogP contribution is 2.18. The van der Waals surface area contributed by atoms with E-state index in [-0.39, 0.29) is 13.0 Å². The second kappa shape index (κ2) is 20.1. The lowest BCUT2D eigenvalue weighted by Gasteiger charge is -2.15. The molecule has 0 aromatic heterocycles. The predicted molar refractivity (Wildman–Crippen MR) is 115 cm³/mol. The number of hydrogen-bond donors (Lipinski definition) is 3. The first-order valence-electron chi connectivity index (χ1n) is 11.7. The minimum atomic E-state index is -1.12. The molecule has 2 atom stereocenters. The number of ether oxygens (including phenoxy) is 1. The van der Waals surface area contributed by atoms with E-state index in [2.05, 4.69) is 6.92 Å². The number of esters is 1. The van der Waals surface area contributed by atoms with Crippen molar-refractivity contribution in [2.75, 3.05) is 13.2 Å². The zero-order valence-corrected chi connectivity index (χ0v) is 18.4. The fourth-order valence-electron chi connectivity index (χ4n) is 3.45. The highest BCUT2D eigenvalue weighted by atomic mass is 16.5. The molecule has 0 aliphatic heterocycles. The molecule has 0 amide bonds. The van der Waals surface area contributed by atoms with Gasteiger partial charge in [-0.15, -0.1) is 0 Å². The Morgan fingerprint density at radius 3 is 1.66 bits per heavy atom. The number of rotatable bonds is 21. The molecule has 29 heavy (non-hydrogen) atoms. The van der Waals surface area contributed by atoms with Crippen LogP contribution in [-0.4, -0.2) is 46.6 Å². The first-order valence-corrected chi connectivity index (χ1v) is 11.7. The van der Waals surface area contributed by atoms with Gasteiger partial charge in [-0.05, 0) is 6.42 Å². The molecule has 0 bridgehead atoms. The topological polar surface area (TPSA) is 104 Å². The molecule has 0 aromatic carbocycles. The smallest absolute Gasteiger partial charge is 0.309 e. The number of aliphatic hydroxyl groups is 2. The lowest BCUT2D eigenvalue weighted by molar-refractivity contribution is -0.156. The van der Waals surface area contributed by atoms with Crippen molar-refractivity contribution < 1.29 is 29.6 Å². The highest BCUT2D eigenvalue weighted by molar-refractivity contribution is 5.79. The lowest BCUT2D eigenvalue weighted by atomic mass is 9.97. The summed E-state index contributed by atoms with van der Waals surface area (Å²) in [6.45, 7) is 1.45. The van der Waals surface area contributed by atoms with E-state index in [0.717, 1.165) is 19.3 Å². The molecule has 6 nitrogen and oxygen atoms in total. The third-order valence-corrected chi connectivity index (χ3v) is 5.29. The van der Waals surface area contributed by atoms with Crippen LogP contribution in [0.5, 0.6) is 0 Å². The van der Waals surface area contributed by atoms with Gasteiger partial charge in [-0.3, -0.25) is 9.59 Å². The third-order valence-electron chi connectivity index (χ3n) is 5.29. The molecule has 0 aliphatic carbocycles. The Hall–Kier alpha value is -1.14. The highest BCUT2D eigenvalue weighted by Gasteiger charge is 2.23. The zero-order chi connectivity index (χ0) is 21.7. The van der Waals surface area contributed by atoms with Gasteiger partial charge in [0.2, 0.25) is 0 Å².